The number of nitrogens with zero attached hydrogens (tertiary/aromatic N) is 2. The molecule has 7 heteroatoms. The Bertz CT molecular complexity index is 585. The minimum absolute atomic E-state index is 0.0701. The first kappa shape index (κ1) is 12.7. The molecule has 0 bridgehead atoms. The molecule has 2 aromatic rings. The van der Waals surface area contributed by atoms with Gasteiger partial charge in [0.2, 0.25) is 5.76 Å². The number of ether oxygens (including phenoxy) is 1. The van der Waals surface area contributed by atoms with E-state index >= 15 is 0 Å². The van der Waals surface area contributed by atoms with Gasteiger partial charge in [0, 0.05) is 17.8 Å². The third-order valence-corrected chi connectivity index (χ3v) is 2.66. The van der Waals surface area contributed by atoms with Crippen molar-refractivity contribution in [2.75, 3.05) is 6.61 Å². The van der Waals surface area contributed by atoms with Crippen LogP contribution < -0.4 is 0 Å². The Morgan fingerprint density at radius 1 is 1.61 bits per heavy atom. The summed E-state index contributed by atoms with van der Waals surface area (Å²) in [5.74, 6) is -1.27. The normalized spacial score (nSPS) is 10.4. The summed E-state index contributed by atoms with van der Waals surface area (Å²) >= 11 is 2.97. The van der Waals surface area contributed by atoms with E-state index in [1.54, 1.807) is 6.92 Å². The van der Waals surface area contributed by atoms with Gasteiger partial charge in [-0.2, -0.15) is 0 Å². The summed E-state index contributed by atoms with van der Waals surface area (Å²) in [6.07, 6.45) is 1.42. The van der Waals surface area contributed by atoms with Crippen LogP contribution in [0, 0.1) is 5.82 Å². The second kappa shape index (κ2) is 5.26. The third-order valence-electron chi connectivity index (χ3n) is 2.11. The Hall–Kier alpha value is -1.76. The van der Waals surface area contributed by atoms with Crippen LogP contribution >= 0.6 is 15.9 Å². The number of pyridine rings is 1. The Balaban J connectivity index is 2.35. The molecule has 0 amide bonds. The van der Waals surface area contributed by atoms with Gasteiger partial charge in [-0.25, -0.2) is 14.2 Å². The summed E-state index contributed by atoms with van der Waals surface area (Å²) in [7, 11) is 0. The van der Waals surface area contributed by atoms with Gasteiger partial charge in [0.15, 0.2) is 5.82 Å². The van der Waals surface area contributed by atoms with E-state index in [0.717, 1.165) is 0 Å². The van der Waals surface area contributed by atoms with Crippen LogP contribution in [0.1, 0.15) is 17.5 Å². The molecule has 0 aromatic carbocycles. The summed E-state index contributed by atoms with van der Waals surface area (Å²) in [5, 5.41) is 3.63. The van der Waals surface area contributed by atoms with Gasteiger partial charge in [-0.1, -0.05) is 5.16 Å². The van der Waals surface area contributed by atoms with E-state index in [1.165, 1.54) is 18.3 Å². The lowest BCUT2D eigenvalue weighted by Gasteiger charge is -1.98. The number of aromatic nitrogens is 2. The van der Waals surface area contributed by atoms with E-state index in [9.17, 15) is 9.18 Å². The van der Waals surface area contributed by atoms with Crippen molar-refractivity contribution >= 4 is 21.9 Å². The van der Waals surface area contributed by atoms with E-state index in [2.05, 4.69) is 26.1 Å². The molecule has 0 aliphatic carbocycles. The minimum Gasteiger partial charge on any atom is -0.460 e. The molecule has 2 rings (SSSR count). The zero-order valence-corrected chi connectivity index (χ0v) is 10.9. The number of rotatable bonds is 3. The van der Waals surface area contributed by atoms with Crippen LogP contribution in [-0.4, -0.2) is 22.7 Å². The summed E-state index contributed by atoms with van der Waals surface area (Å²) < 4.78 is 23.4. The van der Waals surface area contributed by atoms with Crippen molar-refractivity contribution in [1.29, 1.82) is 0 Å². The predicted octanol–water partition coefficient (Wildman–Crippen LogP) is 2.81. The monoisotopic (exact) mass is 314 g/mol. The molecular weight excluding hydrogens is 307 g/mol. The maximum absolute atomic E-state index is 13.7. The van der Waals surface area contributed by atoms with E-state index in [4.69, 9.17) is 9.26 Å². The number of halogens is 2. The topological polar surface area (TPSA) is 65.2 Å². The largest absolute Gasteiger partial charge is 0.460 e. The molecule has 2 heterocycles. The fraction of sp³-hybridized carbons (Fsp3) is 0.182. The number of carbonyl (C=O) groups excluding carboxylic acids is 1. The van der Waals surface area contributed by atoms with Crippen molar-refractivity contribution in [2.24, 2.45) is 0 Å². The molecule has 5 nitrogen and oxygen atoms in total. The third kappa shape index (κ3) is 2.40. The van der Waals surface area contributed by atoms with Crippen LogP contribution in [0.3, 0.4) is 0 Å². The molecule has 0 unspecified atom stereocenters. The average Bonchev–Trinajstić information content (AvgIpc) is 2.82. The Kier molecular flexibility index (Phi) is 3.71. The lowest BCUT2D eigenvalue weighted by atomic mass is 10.2. The zero-order valence-electron chi connectivity index (χ0n) is 9.31. The molecule has 18 heavy (non-hydrogen) atoms. The lowest BCUT2D eigenvalue weighted by molar-refractivity contribution is 0.0480. The molecule has 2 aromatic heterocycles. The smallest absolute Gasteiger partial charge is 0.377 e. The highest BCUT2D eigenvalue weighted by Gasteiger charge is 2.18. The van der Waals surface area contributed by atoms with Crippen molar-refractivity contribution in [3.8, 4) is 11.3 Å². The average molecular weight is 315 g/mol. The summed E-state index contributed by atoms with van der Waals surface area (Å²) in [4.78, 5) is 15.1. The molecule has 0 N–H and O–H groups in total. The van der Waals surface area contributed by atoms with Crippen LogP contribution in [0.25, 0.3) is 11.3 Å². The van der Waals surface area contributed by atoms with Crippen molar-refractivity contribution in [3.63, 3.8) is 0 Å². The summed E-state index contributed by atoms with van der Waals surface area (Å²) in [6, 6.07) is 2.76. The van der Waals surface area contributed by atoms with Crippen molar-refractivity contribution in [3.05, 3.63) is 34.5 Å². The van der Waals surface area contributed by atoms with E-state index in [1.807, 2.05) is 0 Å². The van der Waals surface area contributed by atoms with Gasteiger partial charge in [-0.05, 0) is 28.9 Å². The highest BCUT2D eigenvalue weighted by molar-refractivity contribution is 9.10. The SMILES string of the molecule is CCOC(=O)c1cc(-c2ccnc(Br)c2F)no1. The van der Waals surface area contributed by atoms with Crippen LogP contribution in [0.5, 0.6) is 0 Å². The van der Waals surface area contributed by atoms with Crippen LogP contribution in [0.4, 0.5) is 4.39 Å². The molecule has 0 fully saturated rings. The van der Waals surface area contributed by atoms with Gasteiger partial charge in [0.25, 0.3) is 0 Å². The number of hydrogen-bond donors (Lipinski definition) is 0. The highest BCUT2D eigenvalue weighted by Crippen LogP contribution is 2.26. The Morgan fingerprint density at radius 3 is 3.11 bits per heavy atom. The highest BCUT2D eigenvalue weighted by atomic mass is 79.9. The van der Waals surface area contributed by atoms with Crippen LogP contribution in [0.15, 0.2) is 27.5 Å². The standard InChI is InChI=1S/C11H8BrFN2O3/c1-2-17-11(16)8-5-7(15-18-8)6-3-4-14-10(12)9(6)13/h3-5H,2H2,1H3. The Morgan fingerprint density at radius 2 is 2.39 bits per heavy atom. The molecule has 0 atom stereocenters. The van der Waals surface area contributed by atoms with Gasteiger partial charge in [-0.15, -0.1) is 0 Å². The number of hydrogen-bond acceptors (Lipinski definition) is 5. The van der Waals surface area contributed by atoms with Crippen LogP contribution in [0.2, 0.25) is 0 Å². The molecule has 0 aliphatic heterocycles. The molecule has 0 radical (unpaired) electrons. The summed E-state index contributed by atoms with van der Waals surface area (Å²) in [6.45, 7) is 1.90. The molecular formula is C11H8BrFN2O3. The van der Waals surface area contributed by atoms with Crippen molar-refractivity contribution in [2.45, 2.75) is 6.92 Å². The van der Waals surface area contributed by atoms with E-state index in [-0.39, 0.29) is 28.2 Å². The van der Waals surface area contributed by atoms with E-state index in [0.29, 0.717) is 0 Å². The first-order valence-corrected chi connectivity index (χ1v) is 5.87. The van der Waals surface area contributed by atoms with Gasteiger partial charge >= 0.3 is 5.97 Å². The van der Waals surface area contributed by atoms with Crippen molar-refractivity contribution < 1.29 is 18.4 Å². The number of carbonyl (C=O) groups is 1. The maximum atomic E-state index is 13.7. The lowest BCUT2D eigenvalue weighted by Crippen LogP contribution is -2.02. The van der Waals surface area contributed by atoms with Gasteiger partial charge in [0.05, 0.1) is 6.61 Å². The van der Waals surface area contributed by atoms with Gasteiger partial charge in [0.1, 0.15) is 10.3 Å². The quantitative estimate of drug-likeness (QED) is 0.644. The first-order valence-electron chi connectivity index (χ1n) is 5.07. The predicted molar refractivity (Wildman–Crippen MR) is 63.3 cm³/mol. The minimum atomic E-state index is -0.634. The molecule has 0 saturated heterocycles. The first-order chi connectivity index (χ1) is 8.63. The molecule has 94 valence electrons. The van der Waals surface area contributed by atoms with Gasteiger partial charge < -0.3 is 9.26 Å². The fourth-order valence-corrected chi connectivity index (χ4v) is 1.65. The van der Waals surface area contributed by atoms with Crippen LogP contribution in [-0.2, 0) is 4.74 Å². The molecule has 0 spiro atoms. The summed E-state index contributed by atoms with van der Waals surface area (Å²) in [5.41, 5.74) is 0.398. The zero-order chi connectivity index (χ0) is 13.1. The fourth-order valence-electron chi connectivity index (χ4n) is 1.32. The maximum Gasteiger partial charge on any atom is 0.377 e. The molecule has 0 saturated carbocycles. The van der Waals surface area contributed by atoms with E-state index < -0.39 is 11.8 Å². The van der Waals surface area contributed by atoms with Crippen molar-refractivity contribution in [1.82, 2.24) is 10.1 Å². The Labute approximate surface area is 110 Å². The molecule has 0 aliphatic rings. The second-order valence-electron chi connectivity index (χ2n) is 3.26. The second-order valence-corrected chi connectivity index (χ2v) is 4.01. The van der Waals surface area contributed by atoms with Gasteiger partial charge in [-0.3, -0.25) is 0 Å². The number of esters is 1.